The molecule has 1 aromatic carbocycles. The Morgan fingerprint density at radius 1 is 1.20 bits per heavy atom. The van der Waals surface area contributed by atoms with Crippen LogP contribution in [0.5, 0.6) is 0 Å². The predicted octanol–water partition coefficient (Wildman–Crippen LogP) is 0.748. The lowest BCUT2D eigenvalue weighted by molar-refractivity contribution is -0.933. The molecule has 1 fully saturated rings. The van der Waals surface area contributed by atoms with Gasteiger partial charge in [-0.3, -0.25) is 9.59 Å². The highest BCUT2D eigenvalue weighted by atomic mass is 19.1. The predicted molar refractivity (Wildman–Crippen MR) is 94.5 cm³/mol. The van der Waals surface area contributed by atoms with Gasteiger partial charge in [0, 0.05) is 19.7 Å². The molecule has 1 aromatic rings. The van der Waals surface area contributed by atoms with E-state index >= 15 is 0 Å². The molecular weight excluding hydrogens is 321 g/mol. The number of carbonyl (C=O) groups is 2. The molecule has 5 nitrogen and oxygen atoms in total. The maximum Gasteiger partial charge on any atom is 0.277 e. The van der Waals surface area contributed by atoms with E-state index in [1.807, 2.05) is 0 Å². The van der Waals surface area contributed by atoms with Gasteiger partial charge in [-0.25, -0.2) is 4.39 Å². The minimum absolute atomic E-state index is 0.0358. The summed E-state index contributed by atoms with van der Waals surface area (Å²) in [6.45, 7) is 1.13. The van der Waals surface area contributed by atoms with Gasteiger partial charge < -0.3 is 15.1 Å². The lowest BCUT2D eigenvalue weighted by Crippen LogP contribution is -3.15. The minimum atomic E-state index is -0.246. The molecule has 2 rings (SSSR count). The Morgan fingerprint density at radius 2 is 1.84 bits per heavy atom. The number of nitrogens with one attached hydrogen (secondary N) is 2. The first kappa shape index (κ1) is 19.4. The molecule has 25 heavy (non-hydrogen) atoms. The van der Waals surface area contributed by atoms with Gasteiger partial charge in [0.15, 0.2) is 6.54 Å². The van der Waals surface area contributed by atoms with Gasteiger partial charge in [0.25, 0.3) is 5.91 Å². The lowest BCUT2D eigenvalue weighted by atomic mass is 9.93. The summed E-state index contributed by atoms with van der Waals surface area (Å²) in [6, 6.07) is 6.95. The van der Waals surface area contributed by atoms with Crippen molar-refractivity contribution in [2.45, 2.75) is 44.7 Å². The van der Waals surface area contributed by atoms with E-state index in [1.54, 1.807) is 26.2 Å². The third kappa shape index (κ3) is 6.12. The summed E-state index contributed by atoms with van der Waals surface area (Å²) in [5.74, 6) is -0.454. The largest absolute Gasteiger partial charge is 0.358 e. The standard InChI is InChI=1S/C19H28FN3O2/c1-21-18(24)13-22(2)19(25)14-23(17-6-4-3-5-7-17)12-15-8-10-16(20)11-9-15/h8-11,17H,3-7,12-14H2,1-2H3,(H,21,24)/p+1. The summed E-state index contributed by atoms with van der Waals surface area (Å²) < 4.78 is 13.1. The first-order valence-corrected chi connectivity index (χ1v) is 9.03. The highest BCUT2D eigenvalue weighted by Gasteiger charge is 2.28. The summed E-state index contributed by atoms with van der Waals surface area (Å²) in [5, 5.41) is 2.54. The van der Waals surface area contributed by atoms with Crippen LogP contribution in [0.3, 0.4) is 0 Å². The average molecular weight is 350 g/mol. The zero-order valence-corrected chi connectivity index (χ0v) is 15.2. The van der Waals surface area contributed by atoms with E-state index < -0.39 is 0 Å². The van der Waals surface area contributed by atoms with Gasteiger partial charge in [0.2, 0.25) is 5.91 Å². The molecule has 1 aliphatic carbocycles. The van der Waals surface area contributed by atoms with Crippen LogP contribution in [0.25, 0.3) is 0 Å². The normalized spacial score (nSPS) is 16.3. The highest BCUT2D eigenvalue weighted by Crippen LogP contribution is 2.16. The SMILES string of the molecule is CNC(=O)CN(C)C(=O)C[NH+](Cc1ccc(F)cc1)C1CCCCC1. The molecule has 1 aliphatic rings. The Morgan fingerprint density at radius 3 is 2.44 bits per heavy atom. The number of hydrogen-bond acceptors (Lipinski definition) is 2. The van der Waals surface area contributed by atoms with Crippen LogP contribution in [0.4, 0.5) is 4.39 Å². The Balaban J connectivity index is 2.04. The Hall–Kier alpha value is -1.95. The number of rotatable bonds is 7. The zero-order valence-electron chi connectivity index (χ0n) is 15.2. The van der Waals surface area contributed by atoms with Gasteiger partial charge in [0.1, 0.15) is 12.4 Å². The molecule has 1 saturated carbocycles. The summed E-state index contributed by atoms with van der Waals surface area (Å²) in [6.07, 6.45) is 5.87. The molecule has 138 valence electrons. The van der Waals surface area contributed by atoms with Crippen LogP contribution in [-0.2, 0) is 16.1 Å². The monoisotopic (exact) mass is 350 g/mol. The fraction of sp³-hybridized carbons (Fsp3) is 0.579. The third-order valence-corrected chi connectivity index (χ3v) is 4.99. The van der Waals surface area contributed by atoms with E-state index in [2.05, 4.69) is 5.32 Å². The third-order valence-electron chi connectivity index (χ3n) is 4.99. The number of hydrogen-bond donors (Lipinski definition) is 2. The quantitative estimate of drug-likeness (QED) is 0.762. The second-order valence-corrected chi connectivity index (χ2v) is 6.90. The van der Waals surface area contributed by atoms with Crippen molar-refractivity contribution in [3.63, 3.8) is 0 Å². The van der Waals surface area contributed by atoms with Gasteiger partial charge in [-0.05, 0) is 37.8 Å². The molecular formula is C19H29FN3O2+. The summed E-state index contributed by atoms with van der Waals surface area (Å²) in [5.41, 5.74) is 1.03. The molecule has 1 unspecified atom stereocenters. The Labute approximate surface area is 149 Å². The van der Waals surface area contributed by atoms with Crippen molar-refractivity contribution in [3.05, 3.63) is 35.6 Å². The van der Waals surface area contributed by atoms with Crippen molar-refractivity contribution < 1.29 is 18.9 Å². The lowest BCUT2D eigenvalue weighted by Gasteiger charge is -2.32. The fourth-order valence-electron chi connectivity index (χ4n) is 3.44. The molecule has 0 spiro atoms. The Kier molecular flexibility index (Phi) is 7.37. The number of quaternary nitrogens is 1. The van der Waals surface area contributed by atoms with Crippen LogP contribution in [0.15, 0.2) is 24.3 Å². The first-order chi connectivity index (χ1) is 12.0. The summed E-state index contributed by atoms with van der Waals surface area (Å²) >= 11 is 0. The fourth-order valence-corrected chi connectivity index (χ4v) is 3.44. The summed E-state index contributed by atoms with van der Waals surface area (Å²) in [4.78, 5) is 26.7. The van der Waals surface area contributed by atoms with E-state index in [0.717, 1.165) is 18.4 Å². The van der Waals surface area contributed by atoms with Crippen molar-refractivity contribution in [1.29, 1.82) is 0 Å². The molecule has 0 heterocycles. The summed E-state index contributed by atoms with van der Waals surface area (Å²) in [7, 11) is 3.22. The number of benzene rings is 1. The van der Waals surface area contributed by atoms with Gasteiger partial charge in [-0.2, -0.15) is 0 Å². The zero-order chi connectivity index (χ0) is 18.2. The molecule has 6 heteroatoms. The van der Waals surface area contributed by atoms with E-state index in [0.29, 0.717) is 19.1 Å². The maximum atomic E-state index is 13.1. The van der Waals surface area contributed by atoms with Crippen molar-refractivity contribution in [3.8, 4) is 0 Å². The molecule has 0 saturated heterocycles. The van der Waals surface area contributed by atoms with Crippen LogP contribution in [0, 0.1) is 5.82 Å². The molecule has 0 radical (unpaired) electrons. The van der Waals surface area contributed by atoms with E-state index in [-0.39, 0.29) is 24.2 Å². The van der Waals surface area contributed by atoms with Crippen molar-refractivity contribution in [2.75, 3.05) is 27.2 Å². The van der Waals surface area contributed by atoms with E-state index in [9.17, 15) is 14.0 Å². The van der Waals surface area contributed by atoms with Gasteiger partial charge in [-0.1, -0.05) is 18.6 Å². The van der Waals surface area contributed by atoms with E-state index in [1.165, 1.54) is 41.2 Å². The first-order valence-electron chi connectivity index (χ1n) is 9.03. The van der Waals surface area contributed by atoms with Crippen LogP contribution in [0.1, 0.15) is 37.7 Å². The number of amides is 2. The van der Waals surface area contributed by atoms with Crippen molar-refractivity contribution in [1.82, 2.24) is 10.2 Å². The van der Waals surface area contributed by atoms with Crippen LogP contribution < -0.4 is 10.2 Å². The van der Waals surface area contributed by atoms with Crippen LogP contribution in [0.2, 0.25) is 0 Å². The van der Waals surface area contributed by atoms with Crippen molar-refractivity contribution >= 4 is 11.8 Å². The van der Waals surface area contributed by atoms with Crippen LogP contribution in [-0.4, -0.2) is 49.9 Å². The average Bonchev–Trinajstić information content (AvgIpc) is 2.63. The molecule has 2 N–H and O–H groups in total. The highest BCUT2D eigenvalue weighted by molar-refractivity contribution is 5.84. The molecule has 0 aliphatic heterocycles. The Bertz CT molecular complexity index is 571. The van der Waals surface area contributed by atoms with Gasteiger partial charge in [-0.15, -0.1) is 0 Å². The number of nitrogens with zero attached hydrogens (tertiary/aromatic N) is 1. The molecule has 0 aromatic heterocycles. The topological polar surface area (TPSA) is 53.9 Å². The number of likely N-dealkylation sites (N-methyl/N-ethyl adjacent to an activating group) is 2. The smallest absolute Gasteiger partial charge is 0.277 e. The molecule has 0 bridgehead atoms. The minimum Gasteiger partial charge on any atom is -0.358 e. The van der Waals surface area contributed by atoms with Crippen molar-refractivity contribution in [2.24, 2.45) is 0 Å². The number of carbonyl (C=O) groups excluding carboxylic acids is 2. The molecule has 1 atom stereocenters. The molecule has 2 amide bonds. The second kappa shape index (κ2) is 9.51. The van der Waals surface area contributed by atoms with Crippen LogP contribution >= 0.6 is 0 Å². The number of halogens is 1. The maximum absolute atomic E-state index is 13.1. The second-order valence-electron chi connectivity index (χ2n) is 6.90. The van der Waals surface area contributed by atoms with Gasteiger partial charge in [0.05, 0.1) is 12.6 Å². The van der Waals surface area contributed by atoms with E-state index in [4.69, 9.17) is 0 Å². The van der Waals surface area contributed by atoms with Gasteiger partial charge >= 0.3 is 0 Å².